The van der Waals surface area contributed by atoms with Gasteiger partial charge in [-0.15, -0.1) is 0 Å². The smallest absolute Gasteiger partial charge is 0.328 e. The zero-order valence-electron chi connectivity index (χ0n) is 11.0. The second-order valence-electron chi connectivity index (χ2n) is 4.46. The van der Waals surface area contributed by atoms with Gasteiger partial charge < -0.3 is 19.2 Å². The van der Waals surface area contributed by atoms with Gasteiger partial charge in [0.05, 0.1) is 13.2 Å². The number of rotatable bonds is 3. The molecule has 3 rings (SSSR count). The number of pyridine rings is 1. The molecule has 0 atom stereocenters. The molecule has 0 amide bonds. The molecular formula is C13H12ClN3O4. The Bertz CT molecular complexity index is 707. The number of aliphatic carboxylic acids is 1. The van der Waals surface area contributed by atoms with Gasteiger partial charge in [0.25, 0.3) is 6.01 Å². The predicted molar refractivity (Wildman–Crippen MR) is 76.5 cm³/mol. The van der Waals surface area contributed by atoms with E-state index in [1.54, 1.807) is 6.07 Å². The van der Waals surface area contributed by atoms with E-state index in [1.165, 1.54) is 6.08 Å². The van der Waals surface area contributed by atoms with Gasteiger partial charge in [-0.2, -0.15) is 4.98 Å². The average Bonchev–Trinajstić information content (AvgIpc) is 2.88. The third-order valence-corrected chi connectivity index (χ3v) is 3.34. The molecular weight excluding hydrogens is 298 g/mol. The summed E-state index contributed by atoms with van der Waals surface area (Å²) in [5.41, 5.74) is 1.33. The number of hydrogen-bond acceptors (Lipinski definition) is 6. The van der Waals surface area contributed by atoms with E-state index in [0.717, 1.165) is 6.08 Å². The van der Waals surface area contributed by atoms with Crippen LogP contribution in [0, 0.1) is 0 Å². The van der Waals surface area contributed by atoms with Crippen molar-refractivity contribution in [1.29, 1.82) is 0 Å². The van der Waals surface area contributed by atoms with Gasteiger partial charge in [-0.1, -0.05) is 11.6 Å². The van der Waals surface area contributed by atoms with Crippen LogP contribution in [0.5, 0.6) is 0 Å². The van der Waals surface area contributed by atoms with Crippen molar-refractivity contribution in [3.63, 3.8) is 0 Å². The third kappa shape index (κ3) is 2.98. The van der Waals surface area contributed by atoms with Crippen LogP contribution < -0.4 is 4.90 Å². The van der Waals surface area contributed by atoms with Crippen LogP contribution in [0.3, 0.4) is 0 Å². The Morgan fingerprint density at radius 2 is 2.14 bits per heavy atom. The van der Waals surface area contributed by atoms with Gasteiger partial charge in [0.2, 0.25) is 5.65 Å². The van der Waals surface area contributed by atoms with Gasteiger partial charge >= 0.3 is 5.97 Å². The lowest BCUT2D eigenvalue weighted by molar-refractivity contribution is -0.131. The van der Waals surface area contributed by atoms with E-state index in [-0.39, 0.29) is 5.15 Å². The normalized spacial score (nSPS) is 16.0. The van der Waals surface area contributed by atoms with Crippen LogP contribution in [0.25, 0.3) is 17.3 Å². The average molecular weight is 310 g/mol. The van der Waals surface area contributed by atoms with Gasteiger partial charge in [-0.25, -0.2) is 9.78 Å². The molecule has 1 N–H and O–H groups in total. The van der Waals surface area contributed by atoms with Crippen LogP contribution in [0.4, 0.5) is 6.01 Å². The van der Waals surface area contributed by atoms with E-state index in [9.17, 15) is 4.79 Å². The molecule has 1 saturated heterocycles. The zero-order valence-corrected chi connectivity index (χ0v) is 11.7. The molecule has 0 saturated carbocycles. The second-order valence-corrected chi connectivity index (χ2v) is 4.82. The highest BCUT2D eigenvalue weighted by Crippen LogP contribution is 2.26. The summed E-state index contributed by atoms with van der Waals surface area (Å²) in [7, 11) is 0. The fraction of sp³-hybridized carbons (Fsp3) is 0.308. The maximum absolute atomic E-state index is 10.6. The van der Waals surface area contributed by atoms with Crippen LogP contribution in [0.15, 0.2) is 16.6 Å². The van der Waals surface area contributed by atoms with E-state index in [1.807, 2.05) is 4.90 Å². The Hall–Kier alpha value is -2.12. The lowest BCUT2D eigenvalue weighted by atomic mass is 10.2. The number of halogens is 1. The maximum Gasteiger partial charge on any atom is 0.328 e. The van der Waals surface area contributed by atoms with Crippen molar-refractivity contribution in [2.45, 2.75) is 0 Å². The number of nitrogens with zero attached hydrogens (tertiary/aromatic N) is 3. The van der Waals surface area contributed by atoms with Crippen LogP contribution in [-0.4, -0.2) is 47.3 Å². The zero-order chi connectivity index (χ0) is 14.8. The van der Waals surface area contributed by atoms with E-state index >= 15 is 0 Å². The van der Waals surface area contributed by atoms with Crippen molar-refractivity contribution in [2.24, 2.45) is 0 Å². The number of anilines is 1. The summed E-state index contributed by atoms with van der Waals surface area (Å²) in [6, 6.07) is 2.09. The lowest BCUT2D eigenvalue weighted by Gasteiger charge is -2.24. The summed E-state index contributed by atoms with van der Waals surface area (Å²) in [5, 5.41) is 8.83. The maximum atomic E-state index is 10.6. The number of ether oxygens (including phenoxy) is 1. The topological polar surface area (TPSA) is 88.7 Å². The minimum atomic E-state index is -1.06. The molecule has 21 heavy (non-hydrogen) atoms. The second kappa shape index (κ2) is 5.71. The van der Waals surface area contributed by atoms with Crippen molar-refractivity contribution in [3.8, 4) is 0 Å². The first kappa shape index (κ1) is 13.8. The van der Waals surface area contributed by atoms with E-state index in [2.05, 4.69) is 9.97 Å². The lowest BCUT2D eigenvalue weighted by Crippen LogP contribution is -2.36. The standard InChI is InChI=1S/C13H12ClN3O4/c14-11-8(1-2-10(18)19)7-9-12(15-11)16-13(21-9)17-3-5-20-6-4-17/h1-2,7H,3-6H2,(H,18,19)/b2-1+. The van der Waals surface area contributed by atoms with Crippen molar-refractivity contribution in [2.75, 3.05) is 31.2 Å². The van der Waals surface area contributed by atoms with Crippen molar-refractivity contribution >= 4 is 40.9 Å². The number of oxazole rings is 1. The SMILES string of the molecule is O=C(O)/C=C/c1cc2oc(N3CCOCC3)nc2nc1Cl. The fourth-order valence-corrected chi connectivity index (χ4v) is 2.21. The first-order valence-corrected chi connectivity index (χ1v) is 6.72. The quantitative estimate of drug-likeness (QED) is 0.683. The van der Waals surface area contributed by atoms with Gasteiger partial charge in [-0.05, 0) is 12.1 Å². The molecule has 2 aromatic rings. The Kier molecular flexibility index (Phi) is 3.76. The molecule has 0 bridgehead atoms. The molecule has 0 unspecified atom stereocenters. The number of fused-ring (bicyclic) bond motifs is 1. The molecule has 1 fully saturated rings. The van der Waals surface area contributed by atoms with E-state index in [0.29, 0.717) is 49.1 Å². The van der Waals surface area contributed by atoms with Crippen LogP contribution in [0.2, 0.25) is 5.15 Å². The number of carboxylic acid groups (broad SMARTS) is 1. The van der Waals surface area contributed by atoms with Crippen LogP contribution in [0.1, 0.15) is 5.56 Å². The molecule has 0 spiro atoms. The number of carbonyl (C=O) groups is 1. The Morgan fingerprint density at radius 3 is 2.86 bits per heavy atom. The Morgan fingerprint density at radius 1 is 1.38 bits per heavy atom. The van der Waals surface area contributed by atoms with E-state index in [4.69, 9.17) is 25.9 Å². The van der Waals surface area contributed by atoms with Crippen LogP contribution >= 0.6 is 11.6 Å². The number of aromatic nitrogens is 2. The fourth-order valence-electron chi connectivity index (χ4n) is 2.01. The molecule has 0 aliphatic carbocycles. The number of hydrogen-bond donors (Lipinski definition) is 1. The molecule has 2 aromatic heterocycles. The number of carboxylic acids is 1. The summed E-state index contributed by atoms with van der Waals surface area (Å²) < 4.78 is 10.9. The van der Waals surface area contributed by atoms with Gasteiger partial charge in [0, 0.05) is 24.7 Å². The summed E-state index contributed by atoms with van der Waals surface area (Å²) in [4.78, 5) is 20.9. The highest BCUT2D eigenvalue weighted by atomic mass is 35.5. The van der Waals surface area contributed by atoms with Gasteiger partial charge in [0.1, 0.15) is 5.15 Å². The first-order chi connectivity index (χ1) is 10.1. The summed E-state index contributed by atoms with van der Waals surface area (Å²) in [6.07, 6.45) is 2.36. The monoisotopic (exact) mass is 309 g/mol. The molecule has 8 heteroatoms. The molecule has 1 aliphatic heterocycles. The van der Waals surface area contributed by atoms with Crippen LogP contribution in [-0.2, 0) is 9.53 Å². The third-order valence-electron chi connectivity index (χ3n) is 3.04. The Balaban J connectivity index is 1.95. The summed E-state index contributed by atoms with van der Waals surface area (Å²) in [6.45, 7) is 2.65. The molecule has 1 aliphatic rings. The highest BCUT2D eigenvalue weighted by Gasteiger charge is 2.18. The molecule has 3 heterocycles. The summed E-state index contributed by atoms with van der Waals surface area (Å²) >= 11 is 6.01. The summed E-state index contributed by atoms with van der Waals surface area (Å²) in [5.74, 6) is -1.06. The molecule has 0 aromatic carbocycles. The van der Waals surface area contributed by atoms with Crippen molar-refractivity contribution in [3.05, 3.63) is 22.9 Å². The molecule has 0 radical (unpaired) electrons. The van der Waals surface area contributed by atoms with Crippen molar-refractivity contribution in [1.82, 2.24) is 9.97 Å². The minimum absolute atomic E-state index is 0.182. The van der Waals surface area contributed by atoms with Gasteiger partial charge in [0.15, 0.2) is 5.58 Å². The van der Waals surface area contributed by atoms with Crippen molar-refractivity contribution < 1.29 is 19.1 Å². The molecule has 7 nitrogen and oxygen atoms in total. The largest absolute Gasteiger partial charge is 0.478 e. The predicted octanol–water partition coefficient (Wildman–Crippen LogP) is 1.81. The minimum Gasteiger partial charge on any atom is -0.478 e. The first-order valence-electron chi connectivity index (χ1n) is 6.34. The number of morpholine rings is 1. The highest BCUT2D eigenvalue weighted by molar-refractivity contribution is 6.31. The molecule has 110 valence electrons. The van der Waals surface area contributed by atoms with E-state index < -0.39 is 5.97 Å². The Labute approximate surface area is 124 Å². The van der Waals surface area contributed by atoms with Gasteiger partial charge in [-0.3, -0.25) is 0 Å².